The van der Waals surface area contributed by atoms with E-state index in [0.29, 0.717) is 17.9 Å². The maximum atomic E-state index is 11.7. The van der Waals surface area contributed by atoms with Gasteiger partial charge in [-0.3, -0.25) is 4.79 Å². The fraction of sp³-hybridized carbons (Fsp3) is 0.158. The molecule has 0 radical (unpaired) electrons. The van der Waals surface area contributed by atoms with Gasteiger partial charge >= 0.3 is 11.9 Å². The lowest BCUT2D eigenvalue weighted by Gasteiger charge is -2.10. The van der Waals surface area contributed by atoms with Crippen molar-refractivity contribution in [1.29, 1.82) is 0 Å². The van der Waals surface area contributed by atoms with E-state index in [9.17, 15) is 9.59 Å². The zero-order valence-corrected chi connectivity index (χ0v) is 13.3. The first-order valence-electron chi connectivity index (χ1n) is 7.36. The van der Waals surface area contributed by atoms with E-state index in [1.165, 1.54) is 13.2 Å². The minimum absolute atomic E-state index is 0.0563. The number of carbonyl (C=O) groups is 2. The van der Waals surface area contributed by atoms with E-state index < -0.39 is 18.4 Å². The van der Waals surface area contributed by atoms with Gasteiger partial charge in [0.05, 0.1) is 13.5 Å². The van der Waals surface area contributed by atoms with Crippen LogP contribution in [-0.2, 0) is 20.9 Å². The maximum absolute atomic E-state index is 11.7. The molecule has 2 aromatic carbocycles. The molecule has 5 heteroatoms. The van der Waals surface area contributed by atoms with Crippen LogP contribution in [0.3, 0.4) is 0 Å². The minimum Gasteiger partial charge on any atom is -0.488 e. The standard InChI is InChI=1S/C19H18O5/c1-23-19(22)16(12-18(20)21)11-15-9-5-6-10-17(15)24-13-14-7-3-2-4-8-14/h2-11H,12-13H2,1H3,(H,20,21)/b16-11+. The number of benzene rings is 2. The van der Waals surface area contributed by atoms with Gasteiger partial charge in [-0.1, -0.05) is 48.5 Å². The third-order valence-electron chi connectivity index (χ3n) is 3.28. The third kappa shape index (κ3) is 4.98. The lowest BCUT2D eigenvalue weighted by Crippen LogP contribution is -2.09. The topological polar surface area (TPSA) is 72.8 Å². The molecule has 0 saturated carbocycles. The van der Waals surface area contributed by atoms with E-state index >= 15 is 0 Å². The number of hydrogen-bond donors (Lipinski definition) is 1. The van der Waals surface area contributed by atoms with Crippen LogP contribution in [0.5, 0.6) is 5.75 Å². The van der Waals surface area contributed by atoms with Crippen LogP contribution in [-0.4, -0.2) is 24.2 Å². The van der Waals surface area contributed by atoms with Gasteiger partial charge in [0.15, 0.2) is 0 Å². The molecule has 0 atom stereocenters. The highest BCUT2D eigenvalue weighted by Gasteiger charge is 2.15. The quantitative estimate of drug-likeness (QED) is 0.624. The summed E-state index contributed by atoms with van der Waals surface area (Å²) in [6, 6.07) is 16.8. The number of carbonyl (C=O) groups excluding carboxylic acids is 1. The summed E-state index contributed by atoms with van der Waals surface area (Å²) in [5.74, 6) is -1.21. The number of ether oxygens (including phenoxy) is 2. The molecule has 2 aromatic rings. The zero-order chi connectivity index (χ0) is 17.4. The van der Waals surface area contributed by atoms with Crippen LogP contribution in [0.2, 0.25) is 0 Å². The SMILES string of the molecule is COC(=O)/C(=C/c1ccccc1OCc1ccccc1)CC(=O)O. The zero-order valence-electron chi connectivity index (χ0n) is 13.3. The number of methoxy groups -OCH3 is 1. The summed E-state index contributed by atoms with van der Waals surface area (Å²) in [6.07, 6.45) is 1.07. The average molecular weight is 326 g/mol. The smallest absolute Gasteiger partial charge is 0.334 e. The first kappa shape index (κ1) is 17.3. The van der Waals surface area contributed by atoms with E-state index in [0.717, 1.165) is 5.56 Å². The van der Waals surface area contributed by atoms with Crippen molar-refractivity contribution in [3.8, 4) is 5.75 Å². The average Bonchev–Trinajstić information content (AvgIpc) is 2.60. The number of aliphatic carboxylic acids is 1. The number of carboxylic acid groups (broad SMARTS) is 1. The fourth-order valence-electron chi connectivity index (χ4n) is 2.13. The maximum Gasteiger partial charge on any atom is 0.334 e. The largest absolute Gasteiger partial charge is 0.488 e. The number of rotatable bonds is 7. The summed E-state index contributed by atoms with van der Waals surface area (Å²) in [5, 5.41) is 8.95. The van der Waals surface area contributed by atoms with Crippen molar-refractivity contribution < 1.29 is 24.2 Å². The second-order valence-corrected chi connectivity index (χ2v) is 5.04. The highest BCUT2D eigenvalue weighted by Crippen LogP contribution is 2.23. The Balaban J connectivity index is 2.24. The fourth-order valence-corrected chi connectivity index (χ4v) is 2.13. The first-order valence-corrected chi connectivity index (χ1v) is 7.36. The van der Waals surface area contributed by atoms with Crippen LogP contribution in [0.15, 0.2) is 60.2 Å². The molecule has 0 spiro atoms. The van der Waals surface area contributed by atoms with E-state index in [1.54, 1.807) is 18.2 Å². The van der Waals surface area contributed by atoms with Crippen molar-refractivity contribution in [3.05, 3.63) is 71.3 Å². The highest BCUT2D eigenvalue weighted by atomic mass is 16.5. The van der Waals surface area contributed by atoms with Gasteiger partial charge in [0.2, 0.25) is 0 Å². The third-order valence-corrected chi connectivity index (χ3v) is 3.28. The monoisotopic (exact) mass is 326 g/mol. The Morgan fingerprint density at radius 2 is 1.71 bits per heavy atom. The van der Waals surface area contributed by atoms with Crippen LogP contribution >= 0.6 is 0 Å². The van der Waals surface area contributed by atoms with E-state index in [1.807, 2.05) is 36.4 Å². The summed E-state index contributed by atoms with van der Waals surface area (Å²) < 4.78 is 10.4. The predicted molar refractivity (Wildman–Crippen MR) is 89.5 cm³/mol. The lowest BCUT2D eigenvalue weighted by atomic mass is 10.1. The van der Waals surface area contributed by atoms with Crippen LogP contribution < -0.4 is 4.74 Å². The van der Waals surface area contributed by atoms with E-state index in [4.69, 9.17) is 9.84 Å². The van der Waals surface area contributed by atoms with Crippen molar-refractivity contribution in [1.82, 2.24) is 0 Å². The Morgan fingerprint density at radius 1 is 1.04 bits per heavy atom. The number of hydrogen-bond acceptors (Lipinski definition) is 4. The van der Waals surface area contributed by atoms with Crippen molar-refractivity contribution in [2.24, 2.45) is 0 Å². The molecule has 0 aliphatic heterocycles. The number of carboxylic acids is 1. The van der Waals surface area contributed by atoms with Gasteiger partial charge in [-0.15, -0.1) is 0 Å². The Morgan fingerprint density at radius 3 is 2.38 bits per heavy atom. The van der Waals surface area contributed by atoms with Gasteiger partial charge in [0, 0.05) is 11.1 Å². The van der Waals surface area contributed by atoms with Crippen LogP contribution in [0.1, 0.15) is 17.5 Å². The molecule has 0 saturated heterocycles. The molecule has 124 valence electrons. The molecule has 0 aromatic heterocycles. The molecule has 0 aliphatic carbocycles. The normalized spacial score (nSPS) is 11.0. The van der Waals surface area contributed by atoms with Crippen LogP contribution in [0.4, 0.5) is 0 Å². The molecule has 0 unspecified atom stereocenters. The lowest BCUT2D eigenvalue weighted by molar-refractivity contribution is -0.141. The molecular weight excluding hydrogens is 308 g/mol. The molecule has 0 amide bonds. The summed E-state index contributed by atoms with van der Waals surface area (Å²) in [6.45, 7) is 0.373. The van der Waals surface area contributed by atoms with Gasteiger partial charge < -0.3 is 14.6 Å². The molecule has 0 aliphatic rings. The minimum atomic E-state index is -1.10. The summed E-state index contributed by atoms with van der Waals surface area (Å²) in [4.78, 5) is 22.7. The summed E-state index contributed by atoms with van der Waals surface area (Å²) >= 11 is 0. The van der Waals surface area contributed by atoms with Gasteiger partial charge in [0.25, 0.3) is 0 Å². The number of esters is 1. The highest BCUT2D eigenvalue weighted by molar-refractivity contribution is 5.98. The molecule has 0 fully saturated rings. The summed E-state index contributed by atoms with van der Waals surface area (Å²) in [5.41, 5.74) is 1.69. The van der Waals surface area contributed by atoms with Gasteiger partial charge in [-0.2, -0.15) is 0 Å². The van der Waals surface area contributed by atoms with E-state index in [2.05, 4.69) is 4.74 Å². The molecular formula is C19H18O5. The number of para-hydroxylation sites is 1. The molecule has 2 rings (SSSR count). The Bertz CT molecular complexity index is 734. The van der Waals surface area contributed by atoms with Crippen LogP contribution in [0, 0.1) is 0 Å². The van der Waals surface area contributed by atoms with Gasteiger partial charge in [-0.25, -0.2) is 4.79 Å². The van der Waals surface area contributed by atoms with Crippen LogP contribution in [0.25, 0.3) is 6.08 Å². The van der Waals surface area contributed by atoms with Crippen molar-refractivity contribution in [2.75, 3.05) is 7.11 Å². The molecule has 24 heavy (non-hydrogen) atoms. The van der Waals surface area contributed by atoms with Gasteiger partial charge in [0.1, 0.15) is 12.4 Å². The second kappa shape index (κ2) is 8.53. The Kier molecular flexibility index (Phi) is 6.14. The first-order chi connectivity index (χ1) is 11.6. The molecule has 0 heterocycles. The second-order valence-electron chi connectivity index (χ2n) is 5.04. The molecule has 0 bridgehead atoms. The predicted octanol–water partition coefficient (Wildman–Crippen LogP) is 3.30. The van der Waals surface area contributed by atoms with Crippen molar-refractivity contribution >= 4 is 18.0 Å². The molecule has 5 nitrogen and oxygen atoms in total. The molecule has 1 N–H and O–H groups in total. The van der Waals surface area contributed by atoms with Crippen molar-refractivity contribution in [3.63, 3.8) is 0 Å². The Hall–Kier alpha value is -3.08. The van der Waals surface area contributed by atoms with Gasteiger partial charge in [-0.05, 0) is 17.7 Å². The Labute approximate surface area is 140 Å². The van der Waals surface area contributed by atoms with E-state index in [-0.39, 0.29) is 5.57 Å². The van der Waals surface area contributed by atoms with Crippen molar-refractivity contribution in [2.45, 2.75) is 13.0 Å². The summed E-state index contributed by atoms with van der Waals surface area (Å²) in [7, 11) is 1.22.